The van der Waals surface area contributed by atoms with Crippen molar-refractivity contribution in [3.05, 3.63) is 229 Å². The van der Waals surface area contributed by atoms with Crippen molar-refractivity contribution in [1.82, 2.24) is 0 Å². The minimum absolute atomic E-state index is 0.121. The van der Waals surface area contributed by atoms with E-state index in [0.717, 1.165) is 17.8 Å². The molecule has 0 N–H and O–H groups in total. The Bertz CT molecular complexity index is 2840. The number of allylic oxidation sites excluding steroid dienone is 2. The van der Waals surface area contributed by atoms with Gasteiger partial charge >= 0.3 is 0 Å². The second kappa shape index (κ2) is 14.8. The number of rotatable bonds is 8. The van der Waals surface area contributed by atoms with E-state index < -0.39 is 0 Å². The summed E-state index contributed by atoms with van der Waals surface area (Å²) in [5.41, 5.74) is 16.9. The molecule has 0 aliphatic heterocycles. The van der Waals surface area contributed by atoms with Crippen LogP contribution in [0.25, 0.3) is 38.6 Å². The smallest absolute Gasteiger partial charge is 0.0560 e. The Hall–Kier alpha value is -6.90. The normalized spacial score (nSPS) is 16.1. The van der Waals surface area contributed by atoms with Crippen molar-refractivity contribution in [2.75, 3.05) is 9.80 Å². The Kier molecular flexibility index (Phi) is 8.85. The predicted octanol–water partition coefficient (Wildman–Crippen LogP) is 15.4. The minimum atomic E-state index is 0.121. The van der Waals surface area contributed by atoms with Gasteiger partial charge in [0, 0.05) is 33.6 Å². The molecule has 0 amide bonds. The lowest BCUT2D eigenvalue weighted by atomic mass is 9.76. The topological polar surface area (TPSA) is 6.48 Å². The number of benzene rings is 8. The van der Waals surface area contributed by atoms with E-state index in [0.29, 0.717) is 0 Å². The molecule has 8 aromatic carbocycles. The van der Waals surface area contributed by atoms with Crippen LogP contribution in [0.1, 0.15) is 48.8 Å². The molecule has 1 spiro atoms. The molecule has 8 aromatic rings. The van der Waals surface area contributed by atoms with Gasteiger partial charge in [0.2, 0.25) is 0 Å². The Morgan fingerprint density at radius 3 is 1.81 bits per heavy atom. The lowest BCUT2D eigenvalue weighted by molar-refractivity contribution is 0.550. The molecule has 1 atom stereocenters. The highest BCUT2D eigenvalue weighted by Crippen LogP contribution is 2.57. The molecule has 284 valence electrons. The maximum atomic E-state index is 2.58. The quantitative estimate of drug-likeness (QED) is 0.152. The van der Waals surface area contributed by atoms with E-state index in [2.05, 4.69) is 222 Å². The van der Waals surface area contributed by atoms with Crippen molar-refractivity contribution >= 4 is 44.8 Å². The maximum Gasteiger partial charge on any atom is 0.0560 e. The fraction of sp³-hybridized carbons (Fsp3) is 0.123. The molecule has 2 heteroatoms. The van der Waals surface area contributed by atoms with Gasteiger partial charge < -0.3 is 9.80 Å². The zero-order valence-corrected chi connectivity index (χ0v) is 33.2. The zero-order valence-electron chi connectivity index (χ0n) is 33.2. The molecule has 0 radical (unpaired) electrons. The van der Waals surface area contributed by atoms with Gasteiger partial charge in [0.25, 0.3) is 0 Å². The molecule has 2 nitrogen and oxygen atoms in total. The van der Waals surface area contributed by atoms with Gasteiger partial charge in [-0.2, -0.15) is 0 Å². The summed E-state index contributed by atoms with van der Waals surface area (Å²) in [6, 6.07) is 71.7. The lowest BCUT2D eigenvalue weighted by Crippen LogP contribution is -2.30. The Morgan fingerprint density at radius 2 is 1.07 bits per heavy atom. The highest BCUT2D eigenvalue weighted by molar-refractivity contribution is 5.99. The molecule has 11 rings (SSSR count). The molecular formula is C57H46N2. The summed E-state index contributed by atoms with van der Waals surface area (Å²) in [6.07, 6.45) is 13.1. The van der Waals surface area contributed by atoms with Crippen molar-refractivity contribution in [3.8, 4) is 22.3 Å². The molecule has 3 aliphatic carbocycles. The molecule has 3 aliphatic rings. The van der Waals surface area contributed by atoms with Crippen molar-refractivity contribution in [3.63, 3.8) is 0 Å². The maximum absolute atomic E-state index is 2.58. The molecule has 1 fully saturated rings. The van der Waals surface area contributed by atoms with Crippen LogP contribution in [0.4, 0.5) is 28.4 Å². The number of anilines is 5. The van der Waals surface area contributed by atoms with E-state index in [1.54, 1.807) is 0 Å². The summed E-state index contributed by atoms with van der Waals surface area (Å²) in [4.78, 5) is 4.95. The third-order valence-corrected chi connectivity index (χ3v) is 13.1. The summed E-state index contributed by atoms with van der Waals surface area (Å²) in [6.45, 7) is 0. The van der Waals surface area contributed by atoms with E-state index in [1.807, 2.05) is 0 Å². The van der Waals surface area contributed by atoms with Gasteiger partial charge in [0.1, 0.15) is 0 Å². The van der Waals surface area contributed by atoms with Crippen LogP contribution in [-0.2, 0) is 5.41 Å². The standard InChI is InChI=1S/C57H46N2/c1-3-14-41(15-4-1)42-24-30-47(31-25-42)58(50-36-37-53-52-21-9-10-22-54(52)57(55(53)40-50)38-11-12-39-57)48-32-26-43(27-33-48)44-28-34-49(35-29-44)59(46-18-5-2-6-19-46)56-23-13-17-45-16-7-8-20-51(45)56/h1-10,13-30,32-37,40,47H,11-12,31,38-39H2. The summed E-state index contributed by atoms with van der Waals surface area (Å²) in [5.74, 6) is 0. The van der Waals surface area contributed by atoms with Crippen LogP contribution in [-0.4, -0.2) is 6.04 Å². The first-order valence-electron chi connectivity index (χ1n) is 21.2. The SMILES string of the molecule is C1=CC(N(c2ccc(-c3ccc(N(c4ccccc4)c4cccc5ccccc45)cc3)cc2)c2ccc3c(c2)C2(CCCC2)c2ccccc2-3)CC=C1c1ccccc1. The minimum Gasteiger partial charge on any atom is -0.334 e. The number of para-hydroxylation sites is 1. The van der Waals surface area contributed by atoms with Crippen LogP contribution in [0, 0.1) is 0 Å². The molecule has 0 saturated heterocycles. The number of nitrogens with zero attached hydrogens (tertiary/aromatic N) is 2. The van der Waals surface area contributed by atoms with Crippen molar-refractivity contribution in [2.24, 2.45) is 0 Å². The number of fused-ring (bicyclic) bond motifs is 6. The highest BCUT2D eigenvalue weighted by atomic mass is 15.2. The molecule has 1 unspecified atom stereocenters. The average molecular weight is 759 g/mol. The predicted molar refractivity (Wildman–Crippen MR) is 249 cm³/mol. The fourth-order valence-electron chi connectivity index (χ4n) is 10.3. The van der Waals surface area contributed by atoms with Gasteiger partial charge in [-0.1, -0.05) is 171 Å². The van der Waals surface area contributed by atoms with Gasteiger partial charge in [-0.15, -0.1) is 0 Å². The number of hydrogen-bond acceptors (Lipinski definition) is 2. The third-order valence-electron chi connectivity index (χ3n) is 13.1. The molecule has 0 aromatic heterocycles. The van der Waals surface area contributed by atoms with Crippen LogP contribution >= 0.6 is 0 Å². The second-order valence-corrected chi connectivity index (χ2v) is 16.4. The average Bonchev–Trinajstić information content (AvgIpc) is 3.92. The van der Waals surface area contributed by atoms with Crippen molar-refractivity contribution < 1.29 is 0 Å². The molecule has 59 heavy (non-hydrogen) atoms. The monoisotopic (exact) mass is 758 g/mol. The van der Waals surface area contributed by atoms with E-state index in [-0.39, 0.29) is 11.5 Å². The first kappa shape index (κ1) is 35.3. The summed E-state index contributed by atoms with van der Waals surface area (Å²) < 4.78 is 0. The summed E-state index contributed by atoms with van der Waals surface area (Å²) >= 11 is 0. The molecular weight excluding hydrogens is 713 g/mol. The van der Waals surface area contributed by atoms with Crippen LogP contribution in [0.3, 0.4) is 0 Å². The van der Waals surface area contributed by atoms with Crippen LogP contribution in [0.5, 0.6) is 0 Å². The molecule has 1 saturated carbocycles. The van der Waals surface area contributed by atoms with Gasteiger partial charge in [0.15, 0.2) is 0 Å². The van der Waals surface area contributed by atoms with Gasteiger partial charge in [-0.3, -0.25) is 0 Å². The lowest BCUT2D eigenvalue weighted by Gasteiger charge is -2.35. The van der Waals surface area contributed by atoms with E-state index >= 15 is 0 Å². The van der Waals surface area contributed by atoms with E-state index in [4.69, 9.17) is 0 Å². The summed E-state index contributed by atoms with van der Waals surface area (Å²) in [5, 5.41) is 2.46. The summed E-state index contributed by atoms with van der Waals surface area (Å²) in [7, 11) is 0. The first-order valence-corrected chi connectivity index (χ1v) is 21.2. The Balaban J connectivity index is 0.947. The van der Waals surface area contributed by atoms with Crippen molar-refractivity contribution in [2.45, 2.75) is 43.6 Å². The van der Waals surface area contributed by atoms with E-state index in [1.165, 1.54) is 98.0 Å². The van der Waals surface area contributed by atoms with Crippen LogP contribution in [0.2, 0.25) is 0 Å². The van der Waals surface area contributed by atoms with Gasteiger partial charge in [0.05, 0.1) is 11.7 Å². The fourth-order valence-corrected chi connectivity index (χ4v) is 10.3. The number of hydrogen-bond donors (Lipinski definition) is 0. The largest absolute Gasteiger partial charge is 0.334 e. The second-order valence-electron chi connectivity index (χ2n) is 16.4. The van der Waals surface area contributed by atoms with Gasteiger partial charge in [-0.05, 0) is 124 Å². The molecule has 0 heterocycles. The highest BCUT2D eigenvalue weighted by Gasteiger charge is 2.45. The van der Waals surface area contributed by atoms with Crippen LogP contribution in [0.15, 0.2) is 212 Å². The zero-order chi connectivity index (χ0) is 39.2. The van der Waals surface area contributed by atoms with Gasteiger partial charge in [-0.25, -0.2) is 0 Å². The first-order chi connectivity index (χ1) is 29.2. The Morgan fingerprint density at radius 1 is 0.458 bits per heavy atom. The van der Waals surface area contributed by atoms with Crippen LogP contribution < -0.4 is 9.80 Å². The van der Waals surface area contributed by atoms with Crippen molar-refractivity contribution in [1.29, 1.82) is 0 Å². The molecule has 0 bridgehead atoms. The van der Waals surface area contributed by atoms with E-state index in [9.17, 15) is 0 Å². The third kappa shape index (κ3) is 6.19. The Labute approximate surface area is 348 Å².